The Morgan fingerprint density at radius 3 is 2.72 bits per heavy atom. The molecule has 0 atom stereocenters. The molecule has 0 bridgehead atoms. The van der Waals surface area contributed by atoms with E-state index in [1.54, 1.807) is 18.3 Å². The van der Waals surface area contributed by atoms with Gasteiger partial charge in [-0.1, -0.05) is 24.4 Å². The van der Waals surface area contributed by atoms with E-state index in [-0.39, 0.29) is 11.4 Å². The Morgan fingerprint density at radius 1 is 1.28 bits per heavy atom. The van der Waals surface area contributed by atoms with E-state index in [1.807, 2.05) is 30.7 Å². The van der Waals surface area contributed by atoms with Crippen molar-refractivity contribution in [2.24, 2.45) is 0 Å². The van der Waals surface area contributed by atoms with Crippen LogP contribution in [0.2, 0.25) is 0 Å². The molecular weight excluding hydrogens is 429 g/mol. The van der Waals surface area contributed by atoms with Crippen LogP contribution in [-0.4, -0.2) is 31.5 Å². The van der Waals surface area contributed by atoms with Crippen molar-refractivity contribution in [1.82, 2.24) is 14.7 Å². The summed E-state index contributed by atoms with van der Waals surface area (Å²) in [6, 6.07) is 5.40. The Hall–Kier alpha value is -3.00. The molecule has 6 nitrogen and oxygen atoms in total. The average molecular weight is 454 g/mol. The lowest BCUT2D eigenvalue weighted by atomic mass is 9.86. The maximum absolute atomic E-state index is 15.7. The fourth-order valence-electron chi connectivity index (χ4n) is 4.76. The Labute approximate surface area is 188 Å². The molecule has 0 amide bonds. The Bertz CT molecular complexity index is 1290. The van der Waals surface area contributed by atoms with Crippen molar-refractivity contribution in [3.63, 3.8) is 0 Å². The number of carboxylic acid groups (broad SMARTS) is 1. The van der Waals surface area contributed by atoms with Crippen molar-refractivity contribution in [1.29, 1.82) is 0 Å². The minimum atomic E-state index is -1.25. The largest absolute Gasteiger partial charge is 0.477 e. The molecule has 1 N–H and O–H groups in total. The Kier molecular flexibility index (Phi) is 5.12. The molecule has 0 unspecified atom stereocenters. The predicted octanol–water partition coefficient (Wildman–Crippen LogP) is 6.41. The third-order valence-electron chi connectivity index (χ3n) is 6.32. The number of carboxylic acids is 1. The monoisotopic (exact) mass is 453 g/mol. The summed E-state index contributed by atoms with van der Waals surface area (Å²) >= 11 is 1.20. The van der Waals surface area contributed by atoms with Crippen LogP contribution in [0.25, 0.3) is 32.6 Å². The predicted molar refractivity (Wildman–Crippen MR) is 122 cm³/mol. The van der Waals surface area contributed by atoms with Crippen LogP contribution in [0.4, 0.5) is 4.39 Å². The van der Waals surface area contributed by atoms with E-state index in [0.717, 1.165) is 57.6 Å². The van der Waals surface area contributed by atoms with Gasteiger partial charge < -0.3 is 14.2 Å². The lowest BCUT2D eigenvalue weighted by Crippen LogP contribution is -2.31. The number of thiophene rings is 1. The topological polar surface area (TPSA) is 81.2 Å². The summed E-state index contributed by atoms with van der Waals surface area (Å²) < 4.78 is 22.9. The van der Waals surface area contributed by atoms with E-state index in [1.165, 1.54) is 11.3 Å². The molecule has 4 aromatic rings. The van der Waals surface area contributed by atoms with Crippen LogP contribution in [0, 0.1) is 13.8 Å². The van der Waals surface area contributed by atoms with Crippen molar-refractivity contribution >= 4 is 28.3 Å². The smallest absolute Gasteiger partial charge is 0.345 e. The van der Waals surface area contributed by atoms with Gasteiger partial charge in [0.15, 0.2) is 0 Å². The second-order valence-corrected chi connectivity index (χ2v) is 9.73. The molecule has 1 fully saturated rings. The van der Waals surface area contributed by atoms with Gasteiger partial charge in [0.1, 0.15) is 16.3 Å². The number of rotatable bonds is 5. The summed E-state index contributed by atoms with van der Waals surface area (Å²) in [6.07, 6.45) is 7.69. The third kappa shape index (κ3) is 3.62. The normalized spacial score (nSPS) is 16.0. The van der Waals surface area contributed by atoms with Crippen molar-refractivity contribution in [3.8, 4) is 21.6 Å². The molecular formula is C24H24FN3O3S. The van der Waals surface area contributed by atoms with E-state index in [4.69, 9.17) is 9.51 Å². The van der Waals surface area contributed by atoms with Gasteiger partial charge in [-0.15, -0.1) is 11.3 Å². The lowest BCUT2D eigenvalue weighted by molar-refractivity contribution is 0.0702. The average Bonchev–Trinajstić information content (AvgIpc) is 3.46. The van der Waals surface area contributed by atoms with Crippen LogP contribution in [0.3, 0.4) is 0 Å². The third-order valence-corrected chi connectivity index (χ3v) is 7.43. The summed E-state index contributed by atoms with van der Waals surface area (Å²) in [5, 5.41) is 13.4. The van der Waals surface area contributed by atoms with Crippen molar-refractivity contribution in [3.05, 3.63) is 46.9 Å². The molecule has 0 aliphatic heterocycles. The number of halogens is 1. The van der Waals surface area contributed by atoms with E-state index in [9.17, 15) is 9.90 Å². The van der Waals surface area contributed by atoms with E-state index >= 15 is 4.39 Å². The van der Waals surface area contributed by atoms with Crippen LogP contribution in [0.5, 0.6) is 0 Å². The molecule has 1 aliphatic carbocycles. The van der Waals surface area contributed by atoms with Crippen LogP contribution in [0.15, 0.2) is 35.1 Å². The van der Waals surface area contributed by atoms with Crippen molar-refractivity contribution in [2.45, 2.75) is 58.2 Å². The first-order valence-electron chi connectivity index (χ1n) is 10.8. The quantitative estimate of drug-likeness (QED) is 0.378. The summed E-state index contributed by atoms with van der Waals surface area (Å²) in [5.41, 5.74) is 3.67. The number of aromatic nitrogens is 3. The highest BCUT2D eigenvalue weighted by Crippen LogP contribution is 2.39. The zero-order valence-corrected chi connectivity index (χ0v) is 18.8. The van der Waals surface area contributed by atoms with Crippen molar-refractivity contribution < 1.29 is 18.8 Å². The standard InChI is InChI=1S/C24H24FN3O3S/c1-14-21(15(2)31-27-14)16-10-18-22(26-11-16)17(19-6-7-20(32-19)23(29)30)12-28(18)13-24(25)8-4-3-5-9-24/h6-7,10-12H,3-5,8-9,13H2,1-2H3,(H,29,30). The van der Waals surface area contributed by atoms with Gasteiger partial charge in [-0.05, 0) is 44.9 Å². The molecule has 5 rings (SSSR count). The molecule has 1 saturated carbocycles. The van der Waals surface area contributed by atoms with Crippen LogP contribution < -0.4 is 0 Å². The fourth-order valence-corrected chi connectivity index (χ4v) is 5.61. The molecule has 0 aromatic carbocycles. The summed E-state index contributed by atoms with van der Waals surface area (Å²) in [6.45, 7) is 4.01. The second-order valence-electron chi connectivity index (χ2n) is 8.64. The number of carbonyl (C=O) groups is 1. The van der Waals surface area contributed by atoms with Gasteiger partial charge in [-0.3, -0.25) is 4.98 Å². The van der Waals surface area contributed by atoms with Gasteiger partial charge in [0.05, 0.1) is 23.3 Å². The van der Waals surface area contributed by atoms with Gasteiger partial charge in [-0.2, -0.15) is 0 Å². The number of nitrogens with zero attached hydrogens (tertiary/aromatic N) is 3. The van der Waals surface area contributed by atoms with Gasteiger partial charge in [0, 0.05) is 34.0 Å². The van der Waals surface area contributed by atoms with Crippen molar-refractivity contribution in [2.75, 3.05) is 0 Å². The van der Waals surface area contributed by atoms with Gasteiger partial charge in [-0.25, -0.2) is 9.18 Å². The van der Waals surface area contributed by atoms with Gasteiger partial charge >= 0.3 is 5.97 Å². The number of hydrogen-bond donors (Lipinski definition) is 1. The molecule has 0 radical (unpaired) electrons. The Morgan fingerprint density at radius 2 is 2.06 bits per heavy atom. The first kappa shape index (κ1) is 20.9. The van der Waals surface area contributed by atoms with Gasteiger partial charge in [0.2, 0.25) is 0 Å². The van der Waals surface area contributed by atoms with E-state index in [0.29, 0.717) is 18.6 Å². The minimum absolute atomic E-state index is 0.257. The van der Waals surface area contributed by atoms with Crippen LogP contribution >= 0.6 is 11.3 Å². The van der Waals surface area contributed by atoms with Gasteiger partial charge in [0.25, 0.3) is 0 Å². The zero-order chi connectivity index (χ0) is 22.5. The molecule has 4 heterocycles. The van der Waals surface area contributed by atoms with Crippen LogP contribution in [0.1, 0.15) is 53.2 Å². The second kappa shape index (κ2) is 7.85. The number of fused-ring (bicyclic) bond motifs is 1. The molecule has 1 aliphatic rings. The molecule has 0 saturated heterocycles. The highest BCUT2D eigenvalue weighted by Gasteiger charge is 2.33. The summed E-state index contributed by atoms with van der Waals surface area (Å²) in [7, 11) is 0. The zero-order valence-electron chi connectivity index (χ0n) is 18.0. The molecule has 0 spiro atoms. The minimum Gasteiger partial charge on any atom is -0.477 e. The van der Waals surface area contributed by atoms with Crippen LogP contribution in [-0.2, 0) is 6.54 Å². The maximum Gasteiger partial charge on any atom is 0.345 e. The molecule has 4 aromatic heterocycles. The lowest BCUT2D eigenvalue weighted by Gasteiger charge is -2.30. The highest BCUT2D eigenvalue weighted by molar-refractivity contribution is 7.17. The number of pyridine rings is 1. The first-order valence-corrected chi connectivity index (χ1v) is 11.6. The van der Waals surface area contributed by atoms with E-state index in [2.05, 4.69) is 5.16 Å². The number of aromatic carboxylic acids is 1. The number of hydrogen-bond acceptors (Lipinski definition) is 5. The fraction of sp³-hybridized carbons (Fsp3) is 0.375. The first-order chi connectivity index (χ1) is 15.3. The van der Waals surface area contributed by atoms with E-state index < -0.39 is 11.6 Å². The Balaban J connectivity index is 1.66. The SMILES string of the molecule is Cc1noc(C)c1-c1cnc2c(-c3ccc(C(=O)O)s3)cn(CC3(F)CCCCC3)c2c1. The summed E-state index contributed by atoms with van der Waals surface area (Å²) in [5.74, 6) is -0.246. The number of alkyl halides is 1. The number of aryl methyl sites for hydroxylation is 2. The molecule has 8 heteroatoms. The maximum atomic E-state index is 15.7. The molecule has 166 valence electrons. The summed E-state index contributed by atoms with van der Waals surface area (Å²) in [4.78, 5) is 17.2. The molecule has 32 heavy (non-hydrogen) atoms. The highest BCUT2D eigenvalue weighted by atomic mass is 32.1.